The molecule has 0 heterocycles. The molecule has 0 saturated heterocycles. The van der Waals surface area contributed by atoms with E-state index in [1.807, 2.05) is 0 Å². The van der Waals surface area contributed by atoms with E-state index in [4.69, 9.17) is 5.73 Å². The van der Waals surface area contributed by atoms with Crippen LogP contribution in [0, 0.1) is 5.92 Å². The summed E-state index contributed by atoms with van der Waals surface area (Å²) in [5.41, 5.74) is 2.63. The first-order chi connectivity index (χ1) is 10.6. The summed E-state index contributed by atoms with van der Waals surface area (Å²) in [5, 5.41) is 2.84. The fourth-order valence-corrected chi connectivity index (χ4v) is 1.98. The number of hydrogen-bond donors (Lipinski definition) is 2. The molecule has 0 aliphatic rings. The van der Waals surface area contributed by atoms with E-state index in [9.17, 15) is 22.8 Å². The van der Waals surface area contributed by atoms with Crippen LogP contribution in [0.5, 0.6) is 0 Å². The van der Waals surface area contributed by atoms with Crippen LogP contribution in [0.1, 0.15) is 20.3 Å². The maximum atomic E-state index is 12.8. The fourth-order valence-electron chi connectivity index (χ4n) is 1.98. The molecule has 6 nitrogen and oxygen atoms in total. The Morgan fingerprint density at radius 1 is 1.30 bits per heavy atom. The molecule has 0 rings (SSSR count). The Morgan fingerprint density at radius 3 is 2.26 bits per heavy atom. The highest BCUT2D eigenvalue weighted by molar-refractivity contribution is 5.90. The minimum absolute atomic E-state index is 0.105. The van der Waals surface area contributed by atoms with Crippen LogP contribution in [0.4, 0.5) is 13.2 Å². The monoisotopic (exact) mass is 339 g/mol. The first kappa shape index (κ1) is 21.2. The Kier molecular flexibility index (Phi) is 8.66. The predicted molar refractivity (Wildman–Crippen MR) is 79.2 cm³/mol. The highest BCUT2D eigenvalue weighted by Gasteiger charge is 2.38. The number of allylic oxidation sites excluding steroid dienone is 1. The van der Waals surface area contributed by atoms with Crippen LogP contribution in [-0.4, -0.2) is 56.6 Å². The fraction of sp³-hybridized carbons (Fsp3) is 0.714. The van der Waals surface area contributed by atoms with Crippen molar-refractivity contribution in [1.82, 2.24) is 10.2 Å². The molecule has 9 heteroatoms. The van der Waals surface area contributed by atoms with Crippen molar-refractivity contribution in [3.05, 3.63) is 11.4 Å². The SMILES string of the molecule is CCOC(=O)/C(=C(/N)C(F)(F)F)N(C)CC(=O)C(CC)CNC. The van der Waals surface area contributed by atoms with Gasteiger partial charge in [0.25, 0.3) is 0 Å². The molecule has 0 spiro atoms. The van der Waals surface area contributed by atoms with Gasteiger partial charge in [-0.1, -0.05) is 6.92 Å². The van der Waals surface area contributed by atoms with Gasteiger partial charge in [-0.15, -0.1) is 0 Å². The van der Waals surface area contributed by atoms with Gasteiger partial charge in [0.05, 0.1) is 13.2 Å². The summed E-state index contributed by atoms with van der Waals surface area (Å²) < 4.78 is 43.1. The summed E-state index contributed by atoms with van der Waals surface area (Å²) in [7, 11) is 2.88. The third-order valence-corrected chi connectivity index (χ3v) is 3.20. The molecule has 0 aromatic rings. The number of rotatable bonds is 9. The molecule has 134 valence electrons. The molecule has 0 fully saturated rings. The lowest BCUT2D eigenvalue weighted by molar-refractivity contribution is -0.142. The molecule has 3 N–H and O–H groups in total. The number of carbonyl (C=O) groups excluding carboxylic acids is 2. The standard InChI is InChI=1S/C14H24F3N3O3/c1-5-9(7-19-3)10(21)8-20(4)11(13(22)23-6-2)12(18)14(15,16)17/h9,19H,5-8,18H2,1-4H3/b12-11-. The zero-order valence-electron chi connectivity index (χ0n) is 13.8. The first-order valence-corrected chi connectivity index (χ1v) is 7.22. The van der Waals surface area contributed by atoms with E-state index in [1.54, 1.807) is 14.0 Å². The Bertz CT molecular complexity index is 450. The first-order valence-electron chi connectivity index (χ1n) is 7.22. The Labute approximate surface area is 133 Å². The van der Waals surface area contributed by atoms with Gasteiger partial charge in [0.1, 0.15) is 5.70 Å². The summed E-state index contributed by atoms with van der Waals surface area (Å²) >= 11 is 0. The number of nitrogens with two attached hydrogens (primary N) is 1. The van der Waals surface area contributed by atoms with Gasteiger partial charge in [-0.05, 0) is 20.4 Å². The molecular formula is C14H24F3N3O3. The number of ketones is 1. The Balaban J connectivity index is 5.43. The van der Waals surface area contributed by atoms with Gasteiger partial charge in [0.2, 0.25) is 0 Å². The van der Waals surface area contributed by atoms with Crippen molar-refractivity contribution in [3.8, 4) is 0 Å². The number of likely N-dealkylation sites (N-methyl/N-ethyl adjacent to an activating group) is 1. The normalized spacial score (nSPS) is 14.0. The molecule has 0 aliphatic carbocycles. The highest BCUT2D eigenvalue weighted by atomic mass is 19.4. The van der Waals surface area contributed by atoms with Crippen LogP contribution in [0.3, 0.4) is 0 Å². The number of ether oxygens (including phenoxy) is 1. The predicted octanol–water partition coefficient (Wildman–Crippen LogP) is 1.03. The number of carbonyl (C=O) groups is 2. The molecule has 0 aromatic heterocycles. The lowest BCUT2D eigenvalue weighted by Crippen LogP contribution is -2.39. The zero-order valence-corrected chi connectivity index (χ0v) is 13.8. The zero-order chi connectivity index (χ0) is 18.2. The smallest absolute Gasteiger partial charge is 0.433 e. The summed E-state index contributed by atoms with van der Waals surface area (Å²) in [6.07, 6.45) is -4.37. The summed E-state index contributed by atoms with van der Waals surface area (Å²) in [4.78, 5) is 24.8. The third kappa shape index (κ3) is 6.47. The number of alkyl halides is 3. The van der Waals surface area contributed by atoms with Gasteiger partial charge in [-0.2, -0.15) is 13.2 Å². The van der Waals surface area contributed by atoms with Crippen LogP contribution in [-0.2, 0) is 14.3 Å². The van der Waals surface area contributed by atoms with Gasteiger partial charge in [-0.3, -0.25) is 4.79 Å². The largest absolute Gasteiger partial charge is 0.461 e. The van der Waals surface area contributed by atoms with E-state index in [-0.39, 0.29) is 24.9 Å². The Hall–Kier alpha value is -1.77. The average Bonchev–Trinajstić information content (AvgIpc) is 2.43. The number of halogens is 3. The van der Waals surface area contributed by atoms with Crippen molar-refractivity contribution < 1.29 is 27.5 Å². The van der Waals surface area contributed by atoms with E-state index in [0.717, 1.165) is 4.90 Å². The van der Waals surface area contributed by atoms with E-state index in [0.29, 0.717) is 13.0 Å². The number of esters is 1. The second-order valence-corrected chi connectivity index (χ2v) is 4.97. The molecule has 0 radical (unpaired) electrons. The van der Waals surface area contributed by atoms with Crippen molar-refractivity contribution in [2.45, 2.75) is 26.4 Å². The molecule has 0 bridgehead atoms. The summed E-state index contributed by atoms with van der Waals surface area (Å²) in [6.45, 7) is 3.19. The molecule has 0 amide bonds. The topological polar surface area (TPSA) is 84.7 Å². The van der Waals surface area contributed by atoms with Crippen molar-refractivity contribution in [3.63, 3.8) is 0 Å². The minimum atomic E-state index is -4.89. The van der Waals surface area contributed by atoms with Crippen molar-refractivity contribution in [1.29, 1.82) is 0 Å². The molecule has 0 aliphatic heterocycles. The number of nitrogens with one attached hydrogen (secondary N) is 1. The quantitative estimate of drug-likeness (QED) is 0.482. The van der Waals surface area contributed by atoms with Gasteiger partial charge in [-0.25, -0.2) is 4.79 Å². The van der Waals surface area contributed by atoms with Crippen molar-refractivity contribution >= 4 is 11.8 Å². The number of Topliss-reactive ketones (excluding diaryl/α,β-unsaturated/α-hetero) is 1. The van der Waals surface area contributed by atoms with Crippen LogP contribution >= 0.6 is 0 Å². The number of hydrogen-bond acceptors (Lipinski definition) is 6. The molecule has 0 aromatic carbocycles. The average molecular weight is 339 g/mol. The molecular weight excluding hydrogens is 315 g/mol. The highest BCUT2D eigenvalue weighted by Crippen LogP contribution is 2.26. The maximum absolute atomic E-state index is 12.8. The lowest BCUT2D eigenvalue weighted by atomic mass is 10.0. The van der Waals surface area contributed by atoms with E-state index in [2.05, 4.69) is 10.1 Å². The third-order valence-electron chi connectivity index (χ3n) is 3.20. The number of nitrogens with zero attached hydrogens (tertiary/aromatic N) is 1. The van der Waals surface area contributed by atoms with Crippen LogP contribution in [0.25, 0.3) is 0 Å². The van der Waals surface area contributed by atoms with Gasteiger partial charge in [0, 0.05) is 19.5 Å². The Morgan fingerprint density at radius 2 is 1.87 bits per heavy atom. The molecule has 0 saturated carbocycles. The van der Waals surface area contributed by atoms with Crippen LogP contribution in [0.2, 0.25) is 0 Å². The maximum Gasteiger partial charge on any atom is 0.433 e. The summed E-state index contributed by atoms with van der Waals surface area (Å²) in [6, 6.07) is 0. The second kappa shape index (κ2) is 9.39. The van der Waals surface area contributed by atoms with E-state index >= 15 is 0 Å². The van der Waals surface area contributed by atoms with Crippen LogP contribution in [0.15, 0.2) is 11.4 Å². The van der Waals surface area contributed by atoms with Crippen LogP contribution < -0.4 is 11.1 Å². The van der Waals surface area contributed by atoms with Gasteiger partial charge < -0.3 is 20.7 Å². The lowest BCUT2D eigenvalue weighted by Gasteiger charge is -2.25. The van der Waals surface area contributed by atoms with Crippen molar-refractivity contribution in [2.75, 3.05) is 33.8 Å². The van der Waals surface area contributed by atoms with Gasteiger partial charge in [0.15, 0.2) is 11.5 Å². The van der Waals surface area contributed by atoms with E-state index < -0.39 is 23.5 Å². The molecule has 23 heavy (non-hydrogen) atoms. The van der Waals surface area contributed by atoms with Gasteiger partial charge >= 0.3 is 12.1 Å². The molecule has 1 unspecified atom stereocenters. The van der Waals surface area contributed by atoms with Crippen molar-refractivity contribution in [2.24, 2.45) is 11.7 Å². The summed E-state index contributed by atoms with van der Waals surface area (Å²) in [5.74, 6) is -1.86. The van der Waals surface area contributed by atoms with E-state index in [1.165, 1.54) is 14.0 Å². The minimum Gasteiger partial charge on any atom is -0.461 e. The molecule has 1 atom stereocenters. The second-order valence-electron chi connectivity index (χ2n) is 4.97.